The molecule has 6 nitrogen and oxygen atoms in total. The molecule has 0 amide bonds. The van der Waals surface area contributed by atoms with Gasteiger partial charge in [0, 0.05) is 30.4 Å². The molecule has 1 saturated carbocycles. The normalized spacial score (nSPS) is 17.9. The number of nitrogen functional groups attached to an aromatic ring is 1. The number of morpholine rings is 1. The number of aromatic nitrogens is 2. The van der Waals surface area contributed by atoms with E-state index in [0.717, 1.165) is 25.0 Å². The van der Waals surface area contributed by atoms with Crippen LogP contribution in [0.1, 0.15) is 32.1 Å². The van der Waals surface area contributed by atoms with Crippen LogP contribution in [0, 0.1) is 5.82 Å². The van der Waals surface area contributed by atoms with E-state index < -0.39 is 5.82 Å². The number of nitrogens with zero attached hydrogens (tertiary/aromatic N) is 3. The summed E-state index contributed by atoms with van der Waals surface area (Å²) in [7, 11) is 0. The molecule has 1 aromatic heterocycles. The minimum atomic E-state index is -0.474. The lowest BCUT2D eigenvalue weighted by Crippen LogP contribution is -2.36. The molecule has 0 spiro atoms. The molecule has 7 heteroatoms. The number of hydrogen-bond acceptors (Lipinski definition) is 6. The maximum absolute atomic E-state index is 13.8. The molecule has 27 heavy (non-hydrogen) atoms. The van der Waals surface area contributed by atoms with Crippen molar-refractivity contribution in [3.05, 3.63) is 36.3 Å². The second-order valence-corrected chi connectivity index (χ2v) is 6.97. The molecule has 2 aromatic rings. The molecule has 4 rings (SSSR count). The van der Waals surface area contributed by atoms with E-state index in [1.165, 1.54) is 32.1 Å². The maximum atomic E-state index is 13.8. The third-order valence-electron chi connectivity index (χ3n) is 4.91. The lowest BCUT2D eigenvalue weighted by Gasteiger charge is -2.29. The summed E-state index contributed by atoms with van der Waals surface area (Å²) < 4.78 is 19.1. The Hall–Kier alpha value is -2.25. The second kappa shape index (κ2) is 9.62. The summed E-state index contributed by atoms with van der Waals surface area (Å²) in [5.74, 6) is -0.406. The van der Waals surface area contributed by atoms with Crippen molar-refractivity contribution in [2.24, 2.45) is 5.73 Å². The van der Waals surface area contributed by atoms with E-state index in [2.05, 4.69) is 14.9 Å². The first kappa shape index (κ1) is 19.5. The van der Waals surface area contributed by atoms with E-state index in [1.54, 1.807) is 0 Å². The van der Waals surface area contributed by atoms with Crippen molar-refractivity contribution < 1.29 is 9.13 Å². The van der Waals surface area contributed by atoms with Gasteiger partial charge in [0.2, 0.25) is 5.95 Å². The zero-order valence-electron chi connectivity index (χ0n) is 15.6. The van der Waals surface area contributed by atoms with Crippen LogP contribution in [0.15, 0.2) is 30.5 Å². The molecule has 2 fully saturated rings. The highest BCUT2D eigenvalue weighted by Crippen LogP contribution is 2.26. The number of rotatable bonds is 2. The Kier molecular flexibility index (Phi) is 6.95. The van der Waals surface area contributed by atoms with Crippen molar-refractivity contribution in [1.29, 1.82) is 0 Å². The maximum Gasteiger partial charge on any atom is 0.220 e. The van der Waals surface area contributed by atoms with Crippen molar-refractivity contribution in [2.45, 2.75) is 38.1 Å². The number of ether oxygens (including phenoxy) is 1. The van der Waals surface area contributed by atoms with Gasteiger partial charge in [-0.05, 0) is 25.0 Å². The number of nitrogens with two attached hydrogens (primary N) is 2. The molecule has 1 aliphatic carbocycles. The molecule has 0 bridgehead atoms. The van der Waals surface area contributed by atoms with Crippen LogP contribution in [0.25, 0.3) is 11.3 Å². The van der Waals surface area contributed by atoms with Gasteiger partial charge < -0.3 is 21.1 Å². The second-order valence-electron chi connectivity index (χ2n) is 6.97. The molecule has 146 valence electrons. The van der Waals surface area contributed by atoms with Gasteiger partial charge in [-0.1, -0.05) is 31.4 Å². The van der Waals surface area contributed by atoms with Crippen molar-refractivity contribution in [1.82, 2.24) is 9.97 Å². The molecule has 2 aliphatic rings. The fraction of sp³-hybridized carbons (Fsp3) is 0.500. The molecule has 2 heterocycles. The van der Waals surface area contributed by atoms with Gasteiger partial charge in [-0.2, -0.15) is 0 Å². The fourth-order valence-electron chi connectivity index (χ4n) is 3.39. The molecular weight excluding hydrogens is 345 g/mol. The molecular formula is C20H28FN5O. The Balaban J connectivity index is 0.000000253. The SMILES string of the molecule is NC1CCCCC1.Nc1ncc(F)c(-c2cccc(N3CCOCC3)c2)n1. The van der Waals surface area contributed by atoms with Crippen LogP contribution in [0.4, 0.5) is 16.0 Å². The van der Waals surface area contributed by atoms with Gasteiger partial charge in [0.15, 0.2) is 5.82 Å². The Labute approximate surface area is 159 Å². The molecule has 0 unspecified atom stereocenters. The average Bonchev–Trinajstić information content (AvgIpc) is 2.72. The molecule has 1 aromatic carbocycles. The standard InChI is InChI=1S/C14H15FN4O.C6H13N/c15-12-9-17-14(16)18-13(12)10-2-1-3-11(8-10)19-4-6-20-7-5-19;7-6-4-2-1-3-5-6/h1-3,8-9H,4-7H2,(H2,16,17,18);6H,1-5,7H2. The minimum absolute atomic E-state index is 0.0678. The van der Waals surface area contributed by atoms with Crippen LogP contribution >= 0.6 is 0 Å². The summed E-state index contributed by atoms with van der Waals surface area (Å²) >= 11 is 0. The number of halogens is 1. The molecule has 4 N–H and O–H groups in total. The minimum Gasteiger partial charge on any atom is -0.378 e. The number of benzene rings is 1. The van der Waals surface area contributed by atoms with Crippen LogP contribution in [-0.2, 0) is 4.74 Å². The summed E-state index contributed by atoms with van der Waals surface area (Å²) in [6, 6.07) is 8.15. The Morgan fingerprint density at radius 2 is 1.85 bits per heavy atom. The summed E-state index contributed by atoms with van der Waals surface area (Å²) in [6.07, 6.45) is 7.76. The van der Waals surface area contributed by atoms with Crippen LogP contribution in [0.3, 0.4) is 0 Å². The van der Waals surface area contributed by atoms with E-state index >= 15 is 0 Å². The third-order valence-corrected chi connectivity index (χ3v) is 4.91. The topological polar surface area (TPSA) is 90.3 Å². The van der Waals surface area contributed by atoms with Crippen LogP contribution in [0.2, 0.25) is 0 Å². The van der Waals surface area contributed by atoms with Crippen molar-refractivity contribution in [3.63, 3.8) is 0 Å². The van der Waals surface area contributed by atoms with Gasteiger partial charge in [-0.3, -0.25) is 0 Å². The zero-order chi connectivity index (χ0) is 19.1. The first-order chi connectivity index (χ1) is 13.1. The Bertz CT molecular complexity index is 730. The van der Waals surface area contributed by atoms with Crippen LogP contribution in [0.5, 0.6) is 0 Å². The van der Waals surface area contributed by atoms with Crippen molar-refractivity contribution >= 4 is 11.6 Å². The van der Waals surface area contributed by atoms with E-state index in [-0.39, 0.29) is 11.6 Å². The zero-order valence-corrected chi connectivity index (χ0v) is 15.6. The van der Waals surface area contributed by atoms with Crippen LogP contribution < -0.4 is 16.4 Å². The molecule has 1 aliphatic heterocycles. The average molecular weight is 373 g/mol. The fourth-order valence-corrected chi connectivity index (χ4v) is 3.39. The number of hydrogen-bond donors (Lipinski definition) is 2. The highest BCUT2D eigenvalue weighted by molar-refractivity contribution is 5.66. The quantitative estimate of drug-likeness (QED) is 0.841. The predicted molar refractivity (Wildman–Crippen MR) is 106 cm³/mol. The first-order valence-corrected chi connectivity index (χ1v) is 9.60. The summed E-state index contributed by atoms with van der Waals surface area (Å²) in [6.45, 7) is 3.08. The van der Waals surface area contributed by atoms with Gasteiger partial charge in [-0.15, -0.1) is 0 Å². The monoisotopic (exact) mass is 373 g/mol. The lowest BCUT2D eigenvalue weighted by molar-refractivity contribution is 0.122. The molecule has 0 atom stereocenters. The lowest BCUT2D eigenvalue weighted by atomic mass is 9.97. The van der Waals surface area contributed by atoms with Gasteiger partial charge in [-0.25, -0.2) is 14.4 Å². The van der Waals surface area contributed by atoms with Gasteiger partial charge in [0.05, 0.1) is 19.4 Å². The van der Waals surface area contributed by atoms with Crippen molar-refractivity contribution in [2.75, 3.05) is 36.9 Å². The van der Waals surface area contributed by atoms with Crippen LogP contribution in [-0.4, -0.2) is 42.3 Å². The van der Waals surface area contributed by atoms with Gasteiger partial charge >= 0.3 is 0 Å². The number of anilines is 2. The van der Waals surface area contributed by atoms with Gasteiger partial charge in [0.25, 0.3) is 0 Å². The smallest absolute Gasteiger partial charge is 0.220 e. The summed E-state index contributed by atoms with van der Waals surface area (Å²) in [5, 5.41) is 0. The van der Waals surface area contributed by atoms with Gasteiger partial charge in [0.1, 0.15) is 5.69 Å². The summed E-state index contributed by atoms with van der Waals surface area (Å²) in [4.78, 5) is 9.82. The van der Waals surface area contributed by atoms with Crippen molar-refractivity contribution in [3.8, 4) is 11.3 Å². The molecule has 0 radical (unpaired) electrons. The highest BCUT2D eigenvalue weighted by atomic mass is 19.1. The predicted octanol–water partition coefficient (Wildman–Crippen LogP) is 2.98. The highest BCUT2D eigenvalue weighted by Gasteiger charge is 2.14. The van der Waals surface area contributed by atoms with E-state index in [1.807, 2.05) is 24.3 Å². The first-order valence-electron chi connectivity index (χ1n) is 9.60. The largest absolute Gasteiger partial charge is 0.378 e. The van der Waals surface area contributed by atoms with E-state index in [0.29, 0.717) is 24.8 Å². The Morgan fingerprint density at radius 3 is 2.52 bits per heavy atom. The molecule has 1 saturated heterocycles. The van der Waals surface area contributed by atoms with E-state index in [9.17, 15) is 4.39 Å². The Morgan fingerprint density at radius 1 is 1.11 bits per heavy atom. The third kappa shape index (κ3) is 5.61. The summed E-state index contributed by atoms with van der Waals surface area (Å²) in [5.41, 5.74) is 13.1. The van der Waals surface area contributed by atoms with E-state index in [4.69, 9.17) is 16.2 Å².